The van der Waals surface area contributed by atoms with Crippen LogP contribution in [0.25, 0.3) is 0 Å². The normalized spacial score (nSPS) is 23.7. The maximum atomic E-state index is 13.7. The summed E-state index contributed by atoms with van der Waals surface area (Å²) in [6, 6.07) is 3.96. The average Bonchev–Trinajstić information content (AvgIpc) is 2.72. The quantitative estimate of drug-likeness (QED) is 0.906. The van der Waals surface area contributed by atoms with Crippen LogP contribution in [0.15, 0.2) is 27.6 Å². The monoisotopic (exact) mass is 349 g/mol. The molecule has 0 aromatic heterocycles. The van der Waals surface area contributed by atoms with E-state index in [1.807, 2.05) is 0 Å². The molecule has 3 nitrogen and oxygen atoms in total. The zero-order chi connectivity index (χ0) is 14.0. The van der Waals surface area contributed by atoms with Gasteiger partial charge in [-0.3, -0.25) is 0 Å². The lowest BCUT2D eigenvalue weighted by molar-refractivity contribution is 0.414. The van der Waals surface area contributed by atoms with E-state index in [-0.39, 0.29) is 4.90 Å². The minimum absolute atomic E-state index is 0.290. The first-order valence-corrected chi connectivity index (χ1v) is 8.62. The lowest BCUT2D eigenvalue weighted by atomic mass is 9.99. The molecule has 0 amide bonds. The Morgan fingerprint density at radius 1 is 1.42 bits per heavy atom. The largest absolute Gasteiger partial charge is 0.243 e. The van der Waals surface area contributed by atoms with Gasteiger partial charge in [-0.25, -0.2) is 17.5 Å². The summed E-state index contributed by atoms with van der Waals surface area (Å²) in [7, 11) is -3.76. The van der Waals surface area contributed by atoms with E-state index in [1.165, 1.54) is 12.1 Å². The molecule has 0 spiro atoms. The van der Waals surface area contributed by atoms with Crippen LogP contribution in [0.1, 0.15) is 26.2 Å². The molecule has 2 unspecified atom stereocenters. The topological polar surface area (TPSA) is 46.2 Å². The Morgan fingerprint density at radius 2 is 2.16 bits per heavy atom. The molecular weight excluding hydrogens is 333 g/mol. The molecule has 1 fully saturated rings. The van der Waals surface area contributed by atoms with E-state index < -0.39 is 15.8 Å². The Morgan fingerprint density at radius 3 is 2.74 bits per heavy atom. The number of nitrogens with one attached hydrogen (secondary N) is 1. The highest BCUT2D eigenvalue weighted by Crippen LogP contribution is 2.30. The molecule has 0 aliphatic heterocycles. The Bertz CT molecular complexity index is 562. The first-order valence-electron chi connectivity index (χ1n) is 6.35. The van der Waals surface area contributed by atoms with E-state index >= 15 is 0 Å². The molecule has 6 heteroatoms. The van der Waals surface area contributed by atoms with Gasteiger partial charge in [0.2, 0.25) is 10.0 Å². The van der Waals surface area contributed by atoms with Crippen LogP contribution < -0.4 is 4.72 Å². The minimum Gasteiger partial charge on any atom is -0.211 e. The number of halogens is 2. The van der Waals surface area contributed by atoms with Gasteiger partial charge in [-0.2, -0.15) is 0 Å². The van der Waals surface area contributed by atoms with Crippen LogP contribution in [-0.2, 0) is 10.0 Å². The van der Waals surface area contributed by atoms with Gasteiger partial charge in [0.05, 0.1) is 0 Å². The first-order chi connectivity index (χ1) is 8.90. The third kappa shape index (κ3) is 3.55. The molecule has 1 aromatic rings. The maximum absolute atomic E-state index is 13.7. The smallest absolute Gasteiger partial charge is 0.211 e. The standard InChI is InChI=1S/C13H17BrFNO2S/c1-9-3-2-4-10(9)8-16-19(17,18)13-6-5-11(14)7-12(13)15/h5-7,9-10,16H,2-4,8H2,1H3. The second kappa shape index (κ2) is 5.89. The van der Waals surface area contributed by atoms with Gasteiger partial charge in [0.25, 0.3) is 0 Å². The van der Waals surface area contributed by atoms with Gasteiger partial charge in [-0.1, -0.05) is 35.7 Å². The van der Waals surface area contributed by atoms with Crippen LogP contribution in [-0.4, -0.2) is 15.0 Å². The van der Waals surface area contributed by atoms with E-state index in [4.69, 9.17) is 0 Å². The van der Waals surface area contributed by atoms with Gasteiger partial charge in [0.15, 0.2) is 0 Å². The fourth-order valence-corrected chi connectivity index (χ4v) is 4.00. The van der Waals surface area contributed by atoms with Crippen molar-refractivity contribution in [2.45, 2.75) is 31.1 Å². The van der Waals surface area contributed by atoms with Crippen LogP contribution in [0, 0.1) is 17.7 Å². The highest BCUT2D eigenvalue weighted by molar-refractivity contribution is 9.10. The van der Waals surface area contributed by atoms with E-state index in [0.29, 0.717) is 22.9 Å². The molecule has 0 radical (unpaired) electrons. The summed E-state index contributed by atoms with van der Waals surface area (Å²) in [5.74, 6) is 0.145. The average molecular weight is 350 g/mol. The van der Waals surface area contributed by atoms with Crippen molar-refractivity contribution in [3.63, 3.8) is 0 Å². The predicted molar refractivity (Wildman–Crippen MR) is 75.8 cm³/mol. The minimum atomic E-state index is -3.76. The van der Waals surface area contributed by atoms with E-state index in [0.717, 1.165) is 25.3 Å². The van der Waals surface area contributed by atoms with Crippen LogP contribution in [0.4, 0.5) is 4.39 Å². The molecule has 1 aliphatic rings. The van der Waals surface area contributed by atoms with E-state index in [9.17, 15) is 12.8 Å². The summed E-state index contributed by atoms with van der Waals surface area (Å²) in [6.07, 6.45) is 3.31. The Hall–Kier alpha value is -0.460. The maximum Gasteiger partial charge on any atom is 0.243 e. The molecule has 2 atom stereocenters. The molecule has 0 saturated heterocycles. The SMILES string of the molecule is CC1CCCC1CNS(=O)(=O)c1ccc(Br)cc1F. The summed E-state index contributed by atoms with van der Waals surface area (Å²) >= 11 is 3.11. The third-order valence-electron chi connectivity index (χ3n) is 3.76. The molecule has 0 heterocycles. The van der Waals surface area contributed by atoms with Crippen molar-refractivity contribution < 1.29 is 12.8 Å². The third-order valence-corrected chi connectivity index (χ3v) is 5.71. The molecule has 0 bridgehead atoms. The Kier molecular flexibility index (Phi) is 4.63. The number of benzene rings is 1. The van der Waals surface area contributed by atoms with Crippen molar-refractivity contribution in [2.75, 3.05) is 6.54 Å². The van der Waals surface area contributed by atoms with E-state index in [1.54, 1.807) is 0 Å². The Labute approximate surface area is 121 Å². The van der Waals surface area contributed by atoms with Crippen LogP contribution in [0.5, 0.6) is 0 Å². The van der Waals surface area contributed by atoms with Gasteiger partial charge >= 0.3 is 0 Å². The second-order valence-corrected chi connectivity index (χ2v) is 7.75. The zero-order valence-corrected chi connectivity index (χ0v) is 13.1. The summed E-state index contributed by atoms with van der Waals surface area (Å²) in [4.78, 5) is -0.290. The molecule has 19 heavy (non-hydrogen) atoms. The van der Waals surface area contributed by atoms with E-state index in [2.05, 4.69) is 27.6 Å². The van der Waals surface area contributed by atoms with Gasteiger partial charge in [-0.05, 0) is 36.5 Å². The fourth-order valence-electron chi connectivity index (χ4n) is 2.51. The van der Waals surface area contributed by atoms with Crippen molar-refractivity contribution in [2.24, 2.45) is 11.8 Å². The summed E-state index contributed by atoms with van der Waals surface area (Å²) in [5, 5.41) is 0. The predicted octanol–water partition coefficient (Wildman–Crippen LogP) is 3.30. The fraction of sp³-hybridized carbons (Fsp3) is 0.538. The highest BCUT2D eigenvalue weighted by Gasteiger charge is 2.26. The molecule has 1 N–H and O–H groups in total. The number of hydrogen-bond acceptors (Lipinski definition) is 2. The van der Waals surface area contributed by atoms with Gasteiger partial charge in [0.1, 0.15) is 10.7 Å². The zero-order valence-electron chi connectivity index (χ0n) is 10.7. The second-order valence-electron chi connectivity index (χ2n) is 5.09. The number of rotatable bonds is 4. The van der Waals surface area contributed by atoms with Crippen molar-refractivity contribution >= 4 is 26.0 Å². The van der Waals surface area contributed by atoms with Gasteiger partial charge in [0, 0.05) is 11.0 Å². The molecule has 1 aliphatic carbocycles. The molecule has 1 aromatic carbocycles. The van der Waals surface area contributed by atoms with Crippen molar-refractivity contribution in [1.29, 1.82) is 0 Å². The summed E-state index contributed by atoms with van der Waals surface area (Å²) in [6.45, 7) is 2.52. The highest BCUT2D eigenvalue weighted by atomic mass is 79.9. The summed E-state index contributed by atoms with van der Waals surface area (Å²) in [5.41, 5.74) is 0. The van der Waals surface area contributed by atoms with Crippen LogP contribution in [0.3, 0.4) is 0 Å². The Balaban J connectivity index is 2.09. The van der Waals surface area contributed by atoms with Crippen LogP contribution >= 0.6 is 15.9 Å². The molecule has 1 saturated carbocycles. The molecule has 2 rings (SSSR count). The summed E-state index contributed by atoms with van der Waals surface area (Å²) < 4.78 is 40.8. The molecule has 106 valence electrons. The van der Waals surface area contributed by atoms with Crippen molar-refractivity contribution in [3.05, 3.63) is 28.5 Å². The first kappa shape index (κ1) is 14.9. The van der Waals surface area contributed by atoms with Gasteiger partial charge in [-0.15, -0.1) is 0 Å². The number of hydrogen-bond donors (Lipinski definition) is 1. The van der Waals surface area contributed by atoms with Gasteiger partial charge < -0.3 is 0 Å². The number of sulfonamides is 1. The lowest BCUT2D eigenvalue weighted by Gasteiger charge is -2.16. The van der Waals surface area contributed by atoms with Crippen molar-refractivity contribution in [1.82, 2.24) is 4.72 Å². The molecular formula is C13H17BrFNO2S. The lowest BCUT2D eigenvalue weighted by Crippen LogP contribution is -2.30. The van der Waals surface area contributed by atoms with Crippen LogP contribution in [0.2, 0.25) is 0 Å². The van der Waals surface area contributed by atoms with Crippen molar-refractivity contribution in [3.8, 4) is 0 Å².